The maximum atomic E-state index is 13.9. The van der Waals surface area contributed by atoms with Crippen LogP contribution in [0.15, 0.2) is 18.2 Å². The third-order valence-electron chi connectivity index (χ3n) is 3.40. The van der Waals surface area contributed by atoms with E-state index in [4.69, 9.17) is 0 Å². The molecule has 1 N–H and O–H groups in total. The van der Waals surface area contributed by atoms with Crippen molar-refractivity contribution in [1.29, 1.82) is 0 Å². The van der Waals surface area contributed by atoms with Gasteiger partial charge in [-0.3, -0.25) is 0 Å². The minimum absolute atomic E-state index is 0.135. The number of hydrogen-bond donors (Lipinski definition) is 1. The summed E-state index contributed by atoms with van der Waals surface area (Å²) in [4.78, 5) is 1.81. The van der Waals surface area contributed by atoms with Crippen LogP contribution < -0.4 is 10.2 Å². The molecule has 1 unspecified atom stereocenters. The Labute approximate surface area is 109 Å². The molecule has 6 heteroatoms. The highest BCUT2D eigenvalue weighted by molar-refractivity contribution is 5.50. The van der Waals surface area contributed by atoms with Crippen molar-refractivity contribution in [3.05, 3.63) is 29.6 Å². The fourth-order valence-corrected chi connectivity index (χ4v) is 2.45. The zero-order valence-corrected chi connectivity index (χ0v) is 10.6. The largest absolute Gasteiger partial charge is 0.416 e. The van der Waals surface area contributed by atoms with Gasteiger partial charge in [0.05, 0.1) is 11.3 Å². The molecule has 0 spiro atoms. The van der Waals surface area contributed by atoms with Crippen LogP contribution in [-0.2, 0) is 6.18 Å². The molecule has 1 heterocycles. The zero-order valence-electron chi connectivity index (χ0n) is 10.6. The number of halogens is 4. The summed E-state index contributed by atoms with van der Waals surface area (Å²) in [5, 5.41) is 3.17. The average molecular weight is 276 g/mol. The second-order valence-electron chi connectivity index (χ2n) is 4.60. The molecule has 1 saturated heterocycles. The minimum Gasteiger partial charge on any atom is -0.365 e. The quantitative estimate of drug-likeness (QED) is 0.854. The summed E-state index contributed by atoms with van der Waals surface area (Å²) in [6.45, 7) is 4.02. The van der Waals surface area contributed by atoms with Gasteiger partial charge in [-0.05, 0) is 38.1 Å². The van der Waals surface area contributed by atoms with Gasteiger partial charge in [0.15, 0.2) is 0 Å². The van der Waals surface area contributed by atoms with E-state index in [-0.39, 0.29) is 11.7 Å². The van der Waals surface area contributed by atoms with Crippen LogP contribution in [0.4, 0.5) is 23.2 Å². The van der Waals surface area contributed by atoms with Crippen LogP contribution in [0.1, 0.15) is 18.9 Å². The SMILES string of the molecule is CCN(c1ccc(C(F)(F)F)cc1F)C1CCNC1. The topological polar surface area (TPSA) is 15.3 Å². The summed E-state index contributed by atoms with van der Waals surface area (Å²) < 4.78 is 51.4. The first-order chi connectivity index (χ1) is 8.93. The van der Waals surface area contributed by atoms with Gasteiger partial charge in [-0.25, -0.2) is 4.39 Å². The maximum absolute atomic E-state index is 13.9. The van der Waals surface area contributed by atoms with Crippen molar-refractivity contribution in [2.45, 2.75) is 25.6 Å². The molecular formula is C13H16F4N2. The fourth-order valence-electron chi connectivity index (χ4n) is 2.45. The summed E-state index contributed by atoms with van der Waals surface area (Å²) >= 11 is 0. The van der Waals surface area contributed by atoms with E-state index in [2.05, 4.69) is 5.32 Å². The number of nitrogens with one attached hydrogen (secondary N) is 1. The number of likely N-dealkylation sites (N-methyl/N-ethyl adjacent to an activating group) is 1. The van der Waals surface area contributed by atoms with Crippen molar-refractivity contribution >= 4 is 5.69 Å². The third-order valence-corrected chi connectivity index (χ3v) is 3.40. The molecule has 0 radical (unpaired) electrons. The Morgan fingerprint density at radius 1 is 1.37 bits per heavy atom. The zero-order chi connectivity index (χ0) is 14.0. The van der Waals surface area contributed by atoms with Crippen LogP contribution in [0, 0.1) is 5.82 Å². The lowest BCUT2D eigenvalue weighted by Gasteiger charge is -2.30. The van der Waals surface area contributed by atoms with Crippen molar-refractivity contribution in [3.8, 4) is 0 Å². The molecule has 1 aromatic carbocycles. The highest BCUT2D eigenvalue weighted by Gasteiger charge is 2.32. The maximum Gasteiger partial charge on any atom is 0.416 e. The first kappa shape index (κ1) is 14.1. The lowest BCUT2D eigenvalue weighted by Crippen LogP contribution is -2.37. The lowest BCUT2D eigenvalue weighted by molar-refractivity contribution is -0.137. The first-order valence-corrected chi connectivity index (χ1v) is 6.27. The van der Waals surface area contributed by atoms with E-state index in [0.717, 1.165) is 25.6 Å². The molecule has 1 atom stereocenters. The Morgan fingerprint density at radius 3 is 2.58 bits per heavy atom. The molecule has 1 aliphatic heterocycles. The normalized spacial score (nSPS) is 19.7. The van der Waals surface area contributed by atoms with Gasteiger partial charge < -0.3 is 10.2 Å². The number of nitrogens with zero attached hydrogens (tertiary/aromatic N) is 1. The van der Waals surface area contributed by atoms with Gasteiger partial charge in [0, 0.05) is 19.1 Å². The van der Waals surface area contributed by atoms with Gasteiger partial charge in [0.2, 0.25) is 0 Å². The fraction of sp³-hybridized carbons (Fsp3) is 0.538. The van der Waals surface area contributed by atoms with Gasteiger partial charge in [-0.1, -0.05) is 0 Å². The minimum atomic E-state index is -4.51. The molecule has 2 nitrogen and oxygen atoms in total. The van der Waals surface area contributed by atoms with Crippen LogP contribution >= 0.6 is 0 Å². The predicted molar refractivity (Wildman–Crippen MR) is 65.7 cm³/mol. The average Bonchev–Trinajstić information content (AvgIpc) is 2.84. The Hall–Kier alpha value is -1.30. The lowest BCUT2D eigenvalue weighted by atomic mass is 10.1. The van der Waals surface area contributed by atoms with E-state index in [1.807, 2.05) is 11.8 Å². The van der Waals surface area contributed by atoms with Crippen molar-refractivity contribution in [1.82, 2.24) is 5.32 Å². The molecule has 0 amide bonds. The molecule has 106 valence electrons. The Bertz CT molecular complexity index is 439. The van der Waals surface area contributed by atoms with Crippen molar-refractivity contribution in [3.63, 3.8) is 0 Å². The summed E-state index contributed by atoms with van der Waals surface area (Å²) in [5.41, 5.74) is -0.710. The second-order valence-corrected chi connectivity index (χ2v) is 4.60. The van der Waals surface area contributed by atoms with E-state index < -0.39 is 17.6 Å². The molecule has 0 bridgehead atoms. The van der Waals surface area contributed by atoms with Crippen LogP contribution in [0.25, 0.3) is 0 Å². The Kier molecular flexibility index (Phi) is 3.99. The molecule has 2 rings (SSSR count). The van der Waals surface area contributed by atoms with Crippen LogP contribution in [0.3, 0.4) is 0 Å². The van der Waals surface area contributed by atoms with E-state index in [1.54, 1.807) is 0 Å². The molecule has 1 aliphatic rings. The van der Waals surface area contributed by atoms with Crippen LogP contribution in [0.2, 0.25) is 0 Å². The molecular weight excluding hydrogens is 260 g/mol. The Balaban J connectivity index is 2.28. The van der Waals surface area contributed by atoms with Gasteiger partial charge in [0.25, 0.3) is 0 Å². The molecule has 0 saturated carbocycles. The summed E-state index contributed by atoms with van der Waals surface area (Å²) in [6, 6.07) is 2.86. The molecule has 0 aromatic heterocycles. The van der Waals surface area contributed by atoms with Crippen LogP contribution in [0.5, 0.6) is 0 Å². The van der Waals surface area contributed by atoms with E-state index in [9.17, 15) is 17.6 Å². The second kappa shape index (κ2) is 5.36. The van der Waals surface area contributed by atoms with Crippen LogP contribution in [-0.4, -0.2) is 25.7 Å². The Morgan fingerprint density at radius 2 is 2.11 bits per heavy atom. The van der Waals surface area contributed by atoms with Crippen molar-refractivity contribution in [2.24, 2.45) is 0 Å². The third kappa shape index (κ3) is 3.00. The highest BCUT2D eigenvalue weighted by Crippen LogP contribution is 2.33. The van der Waals surface area contributed by atoms with E-state index >= 15 is 0 Å². The van der Waals surface area contributed by atoms with Gasteiger partial charge in [-0.15, -0.1) is 0 Å². The monoisotopic (exact) mass is 276 g/mol. The van der Waals surface area contributed by atoms with Crippen molar-refractivity contribution < 1.29 is 17.6 Å². The standard InChI is InChI=1S/C13H16F4N2/c1-2-19(10-5-6-18-8-10)12-4-3-9(7-11(12)14)13(15,16)17/h3-4,7,10,18H,2,5-6,8H2,1H3. The summed E-state index contributed by atoms with van der Waals surface area (Å²) in [6.07, 6.45) is -3.64. The molecule has 19 heavy (non-hydrogen) atoms. The molecule has 0 aliphatic carbocycles. The highest BCUT2D eigenvalue weighted by atomic mass is 19.4. The summed E-state index contributed by atoms with van der Waals surface area (Å²) in [7, 11) is 0. The molecule has 1 aromatic rings. The number of anilines is 1. The number of alkyl halides is 3. The number of hydrogen-bond acceptors (Lipinski definition) is 2. The van der Waals surface area contributed by atoms with Gasteiger partial charge in [-0.2, -0.15) is 13.2 Å². The number of rotatable bonds is 3. The van der Waals surface area contributed by atoms with Gasteiger partial charge in [0.1, 0.15) is 5.82 Å². The smallest absolute Gasteiger partial charge is 0.365 e. The predicted octanol–water partition coefficient (Wildman–Crippen LogP) is 3.03. The molecule has 1 fully saturated rings. The number of benzene rings is 1. The van der Waals surface area contributed by atoms with Gasteiger partial charge >= 0.3 is 6.18 Å². The van der Waals surface area contributed by atoms with E-state index in [0.29, 0.717) is 12.6 Å². The summed E-state index contributed by atoms with van der Waals surface area (Å²) in [5.74, 6) is -0.816. The first-order valence-electron chi connectivity index (χ1n) is 6.27. The van der Waals surface area contributed by atoms with E-state index in [1.165, 1.54) is 6.07 Å². The van der Waals surface area contributed by atoms with Crippen molar-refractivity contribution in [2.75, 3.05) is 24.5 Å².